The van der Waals surface area contributed by atoms with Gasteiger partial charge in [0.05, 0.1) is 18.1 Å². The van der Waals surface area contributed by atoms with Gasteiger partial charge in [0.1, 0.15) is 11.8 Å². The van der Waals surface area contributed by atoms with Crippen molar-refractivity contribution in [3.8, 4) is 0 Å². The summed E-state index contributed by atoms with van der Waals surface area (Å²) in [6.45, 7) is 6.09. The van der Waals surface area contributed by atoms with Gasteiger partial charge in [-0.3, -0.25) is 10.1 Å². The molecule has 0 aliphatic carbocycles. The van der Waals surface area contributed by atoms with Crippen molar-refractivity contribution >= 4 is 23.4 Å². The minimum absolute atomic E-state index is 0.138. The number of nitrogens with zero attached hydrogens (tertiary/aromatic N) is 4. The van der Waals surface area contributed by atoms with Gasteiger partial charge in [0.15, 0.2) is 6.23 Å². The third kappa shape index (κ3) is 3.66. The molecule has 1 amide bonds. The molecule has 22 heavy (non-hydrogen) atoms. The summed E-state index contributed by atoms with van der Waals surface area (Å²) >= 11 is 5.93. The van der Waals surface area contributed by atoms with Crippen LogP contribution in [-0.2, 0) is 9.47 Å². The Balaban J connectivity index is 2.11. The molecule has 1 aliphatic heterocycles. The van der Waals surface area contributed by atoms with Gasteiger partial charge < -0.3 is 14.4 Å². The van der Waals surface area contributed by atoms with Crippen LogP contribution in [0.15, 0.2) is 6.20 Å². The van der Waals surface area contributed by atoms with Crippen LogP contribution in [-0.4, -0.2) is 51.0 Å². The van der Waals surface area contributed by atoms with E-state index in [-0.39, 0.29) is 24.0 Å². The number of nitro groups is 1. The van der Waals surface area contributed by atoms with E-state index >= 15 is 0 Å². The Labute approximate surface area is 131 Å². The van der Waals surface area contributed by atoms with Gasteiger partial charge in [-0.25, -0.2) is 9.48 Å². The zero-order chi connectivity index (χ0) is 16.5. The maximum atomic E-state index is 12.1. The Kier molecular flexibility index (Phi) is 4.57. The Hall–Kier alpha value is -1.87. The summed E-state index contributed by atoms with van der Waals surface area (Å²) in [6, 6.07) is 0. The standard InChI is InChI=1S/C12H17ClN4O5/c1-12(2,3)22-11(18)15-4-5-21-9(7-15)16-10(13)8(6-14-16)17(19)20/h6,9H,4-5,7H2,1-3H3. The van der Waals surface area contributed by atoms with Crippen LogP contribution >= 0.6 is 11.6 Å². The van der Waals surface area contributed by atoms with E-state index in [9.17, 15) is 14.9 Å². The molecule has 122 valence electrons. The second-order valence-corrected chi connectivity index (χ2v) is 6.13. The summed E-state index contributed by atoms with van der Waals surface area (Å²) in [5.74, 6) is 0. The molecule has 10 heteroatoms. The average Bonchev–Trinajstić information content (AvgIpc) is 2.79. The van der Waals surface area contributed by atoms with Gasteiger partial charge in [0.25, 0.3) is 0 Å². The molecular formula is C12H17ClN4O5. The highest BCUT2D eigenvalue weighted by Gasteiger charge is 2.32. The highest BCUT2D eigenvalue weighted by atomic mass is 35.5. The van der Waals surface area contributed by atoms with Crippen LogP contribution < -0.4 is 0 Å². The number of hydrogen-bond acceptors (Lipinski definition) is 6. The van der Waals surface area contributed by atoms with Gasteiger partial charge in [-0.05, 0) is 20.8 Å². The molecule has 1 saturated heterocycles. The van der Waals surface area contributed by atoms with Crippen LogP contribution in [0.4, 0.5) is 10.5 Å². The normalized spacial score (nSPS) is 19.1. The Morgan fingerprint density at radius 2 is 2.27 bits per heavy atom. The SMILES string of the molecule is CC(C)(C)OC(=O)N1CCOC(n2ncc([N+](=O)[O-])c2Cl)C1. The van der Waals surface area contributed by atoms with Gasteiger partial charge in [-0.2, -0.15) is 5.10 Å². The number of amides is 1. The van der Waals surface area contributed by atoms with E-state index in [1.165, 1.54) is 9.58 Å². The molecule has 2 heterocycles. The molecule has 1 aromatic rings. The molecule has 1 fully saturated rings. The molecule has 1 aromatic heterocycles. The fraction of sp³-hybridized carbons (Fsp3) is 0.667. The smallest absolute Gasteiger partial charge is 0.410 e. The van der Waals surface area contributed by atoms with E-state index in [1.807, 2.05) is 0 Å². The first-order valence-corrected chi connectivity index (χ1v) is 7.04. The quantitative estimate of drug-likeness (QED) is 0.608. The van der Waals surface area contributed by atoms with Crippen molar-refractivity contribution in [2.24, 2.45) is 0 Å². The fourth-order valence-electron chi connectivity index (χ4n) is 1.93. The summed E-state index contributed by atoms with van der Waals surface area (Å²) in [7, 11) is 0. The fourth-order valence-corrected chi connectivity index (χ4v) is 2.20. The van der Waals surface area contributed by atoms with Crippen molar-refractivity contribution in [3.63, 3.8) is 0 Å². The number of hydrogen-bond donors (Lipinski definition) is 0. The van der Waals surface area contributed by atoms with E-state index in [2.05, 4.69) is 5.10 Å². The molecule has 1 unspecified atom stereocenters. The lowest BCUT2D eigenvalue weighted by Gasteiger charge is -2.34. The summed E-state index contributed by atoms with van der Waals surface area (Å²) in [5.41, 5.74) is -0.910. The van der Waals surface area contributed by atoms with Crippen molar-refractivity contribution in [2.75, 3.05) is 19.7 Å². The van der Waals surface area contributed by atoms with Gasteiger partial charge in [0.2, 0.25) is 5.15 Å². The number of aromatic nitrogens is 2. The first kappa shape index (κ1) is 16.5. The lowest BCUT2D eigenvalue weighted by molar-refractivity contribution is -0.384. The molecular weight excluding hydrogens is 316 g/mol. The topological polar surface area (TPSA) is 99.7 Å². The zero-order valence-electron chi connectivity index (χ0n) is 12.5. The number of morpholine rings is 1. The van der Waals surface area contributed by atoms with Gasteiger partial charge in [-0.1, -0.05) is 11.6 Å². The molecule has 0 saturated carbocycles. The van der Waals surface area contributed by atoms with E-state index in [1.54, 1.807) is 20.8 Å². The van der Waals surface area contributed by atoms with Crippen LogP contribution in [0.25, 0.3) is 0 Å². The van der Waals surface area contributed by atoms with Crippen LogP contribution in [0, 0.1) is 10.1 Å². The van der Waals surface area contributed by atoms with Crippen molar-refractivity contribution in [1.29, 1.82) is 0 Å². The Morgan fingerprint density at radius 3 is 2.82 bits per heavy atom. The van der Waals surface area contributed by atoms with E-state index in [0.717, 1.165) is 6.20 Å². The summed E-state index contributed by atoms with van der Waals surface area (Å²) in [5, 5.41) is 14.5. The summed E-state index contributed by atoms with van der Waals surface area (Å²) < 4.78 is 12.0. The van der Waals surface area contributed by atoms with E-state index < -0.39 is 22.8 Å². The van der Waals surface area contributed by atoms with Crippen LogP contribution in [0.5, 0.6) is 0 Å². The second kappa shape index (κ2) is 6.09. The van der Waals surface area contributed by atoms with Crippen molar-refractivity contribution in [3.05, 3.63) is 21.5 Å². The Bertz CT molecular complexity index is 583. The van der Waals surface area contributed by atoms with Crippen molar-refractivity contribution < 1.29 is 19.2 Å². The van der Waals surface area contributed by atoms with Crippen LogP contribution in [0.1, 0.15) is 27.0 Å². The zero-order valence-corrected chi connectivity index (χ0v) is 13.2. The van der Waals surface area contributed by atoms with Crippen molar-refractivity contribution in [2.45, 2.75) is 32.6 Å². The average molecular weight is 333 g/mol. The third-order valence-corrected chi connectivity index (χ3v) is 3.25. The number of halogens is 1. The van der Waals surface area contributed by atoms with Gasteiger partial charge in [-0.15, -0.1) is 0 Å². The predicted molar refractivity (Wildman–Crippen MR) is 76.7 cm³/mol. The number of carbonyl (C=O) groups excluding carboxylic acids is 1. The minimum atomic E-state index is -0.692. The molecule has 1 atom stereocenters. The minimum Gasteiger partial charge on any atom is -0.444 e. The number of rotatable bonds is 2. The summed E-state index contributed by atoms with van der Waals surface area (Å²) in [6.07, 6.45) is -0.112. The maximum absolute atomic E-state index is 12.1. The molecule has 0 bridgehead atoms. The first-order valence-electron chi connectivity index (χ1n) is 6.66. The monoisotopic (exact) mass is 332 g/mol. The van der Waals surface area contributed by atoms with Gasteiger partial charge in [0, 0.05) is 6.54 Å². The lowest BCUT2D eigenvalue weighted by atomic mass is 10.2. The summed E-state index contributed by atoms with van der Waals surface area (Å²) in [4.78, 5) is 23.7. The predicted octanol–water partition coefficient (Wildman–Crippen LogP) is 2.21. The van der Waals surface area contributed by atoms with E-state index in [4.69, 9.17) is 21.1 Å². The van der Waals surface area contributed by atoms with E-state index in [0.29, 0.717) is 6.54 Å². The molecule has 0 N–H and O–H groups in total. The van der Waals surface area contributed by atoms with Crippen molar-refractivity contribution in [1.82, 2.24) is 14.7 Å². The highest BCUT2D eigenvalue weighted by Crippen LogP contribution is 2.28. The molecule has 0 radical (unpaired) electrons. The number of carbonyl (C=O) groups is 1. The van der Waals surface area contributed by atoms with Crippen LogP contribution in [0.3, 0.4) is 0 Å². The molecule has 0 aromatic carbocycles. The molecule has 1 aliphatic rings. The highest BCUT2D eigenvalue weighted by molar-refractivity contribution is 6.31. The lowest BCUT2D eigenvalue weighted by Crippen LogP contribution is -2.46. The molecule has 2 rings (SSSR count). The third-order valence-electron chi connectivity index (χ3n) is 2.89. The second-order valence-electron chi connectivity index (χ2n) is 5.77. The van der Waals surface area contributed by atoms with Gasteiger partial charge >= 0.3 is 11.8 Å². The molecule has 9 nitrogen and oxygen atoms in total. The van der Waals surface area contributed by atoms with Crippen LogP contribution in [0.2, 0.25) is 5.15 Å². The number of ether oxygens (including phenoxy) is 2. The maximum Gasteiger partial charge on any atom is 0.410 e. The largest absolute Gasteiger partial charge is 0.444 e. The molecule has 0 spiro atoms. The first-order chi connectivity index (χ1) is 10.2. The Morgan fingerprint density at radius 1 is 1.59 bits per heavy atom.